The maximum absolute atomic E-state index is 12.7. The van der Waals surface area contributed by atoms with Gasteiger partial charge in [0.25, 0.3) is 0 Å². The zero-order chi connectivity index (χ0) is 10.6. The number of aliphatic carboxylic acids is 1. The number of rotatable bonds is 5. The third kappa shape index (κ3) is 3.67. The van der Waals surface area contributed by atoms with Gasteiger partial charge in [-0.25, -0.2) is 4.79 Å². The molecule has 0 rings (SSSR count). The van der Waals surface area contributed by atoms with Gasteiger partial charge in [0, 0.05) is 6.04 Å². The monoisotopic (exact) mass is 195 g/mol. The summed E-state index contributed by atoms with van der Waals surface area (Å²) in [5, 5.41) is 8.19. The Kier molecular flexibility index (Phi) is 4.26. The zero-order valence-corrected chi connectivity index (χ0v) is 8.05. The number of carboxylic acids is 1. The van der Waals surface area contributed by atoms with Gasteiger partial charge in [-0.3, -0.25) is 4.90 Å². The molecule has 0 atom stereocenters. The van der Waals surface area contributed by atoms with E-state index in [4.69, 9.17) is 5.11 Å². The molecule has 0 aliphatic carbocycles. The lowest BCUT2D eigenvalue weighted by Gasteiger charge is -2.27. The Morgan fingerprint density at radius 1 is 1.54 bits per heavy atom. The molecule has 13 heavy (non-hydrogen) atoms. The SMILES string of the molecule is CCN(CC(F)(F)C(=O)O)C(C)C. The maximum Gasteiger partial charge on any atom is 0.375 e. The van der Waals surface area contributed by atoms with Crippen molar-refractivity contribution in [1.82, 2.24) is 4.90 Å². The number of hydrogen-bond acceptors (Lipinski definition) is 2. The first kappa shape index (κ1) is 12.3. The van der Waals surface area contributed by atoms with Crippen molar-refractivity contribution in [2.24, 2.45) is 0 Å². The third-order valence-corrected chi connectivity index (χ3v) is 1.85. The molecule has 3 nitrogen and oxygen atoms in total. The van der Waals surface area contributed by atoms with Crippen LogP contribution < -0.4 is 0 Å². The first-order valence-corrected chi connectivity index (χ1v) is 4.16. The Labute approximate surface area is 76.3 Å². The van der Waals surface area contributed by atoms with Crippen LogP contribution in [0.25, 0.3) is 0 Å². The number of alkyl halides is 2. The standard InChI is InChI=1S/C8H15F2NO2/c1-4-11(6(2)3)5-8(9,10)7(12)13/h6H,4-5H2,1-3H3,(H,12,13). The molecule has 0 saturated carbocycles. The quantitative estimate of drug-likeness (QED) is 0.721. The van der Waals surface area contributed by atoms with E-state index in [9.17, 15) is 13.6 Å². The summed E-state index contributed by atoms with van der Waals surface area (Å²) in [6, 6.07) is -0.0739. The van der Waals surface area contributed by atoms with Crippen LogP contribution >= 0.6 is 0 Å². The van der Waals surface area contributed by atoms with Gasteiger partial charge in [0.2, 0.25) is 0 Å². The topological polar surface area (TPSA) is 40.5 Å². The Morgan fingerprint density at radius 3 is 2.23 bits per heavy atom. The molecule has 0 aliphatic rings. The van der Waals surface area contributed by atoms with Crippen LogP contribution in [0, 0.1) is 0 Å². The first-order valence-electron chi connectivity index (χ1n) is 4.16. The molecule has 0 aromatic heterocycles. The largest absolute Gasteiger partial charge is 0.477 e. The molecule has 0 aromatic rings. The highest BCUT2D eigenvalue weighted by Gasteiger charge is 2.40. The minimum Gasteiger partial charge on any atom is -0.477 e. The maximum atomic E-state index is 12.7. The molecule has 0 fully saturated rings. The van der Waals surface area contributed by atoms with E-state index < -0.39 is 18.4 Å². The average Bonchev–Trinajstić information content (AvgIpc) is 1.99. The van der Waals surface area contributed by atoms with Gasteiger partial charge in [-0.15, -0.1) is 0 Å². The van der Waals surface area contributed by atoms with E-state index in [0.717, 1.165) is 0 Å². The molecule has 0 heterocycles. The Morgan fingerprint density at radius 2 is 2.00 bits per heavy atom. The van der Waals surface area contributed by atoms with Crippen LogP contribution in [0.1, 0.15) is 20.8 Å². The predicted molar refractivity (Wildman–Crippen MR) is 45.0 cm³/mol. The molecule has 0 aliphatic heterocycles. The summed E-state index contributed by atoms with van der Waals surface area (Å²) in [7, 11) is 0. The van der Waals surface area contributed by atoms with Crippen LogP contribution in [0.5, 0.6) is 0 Å². The van der Waals surface area contributed by atoms with Crippen LogP contribution in [-0.2, 0) is 4.79 Å². The number of halogens is 2. The minimum absolute atomic E-state index is 0.0739. The van der Waals surface area contributed by atoms with Crippen molar-refractivity contribution in [3.63, 3.8) is 0 Å². The molecule has 1 N–H and O–H groups in total. The van der Waals surface area contributed by atoms with Crippen molar-refractivity contribution in [1.29, 1.82) is 0 Å². The lowest BCUT2D eigenvalue weighted by atomic mass is 10.2. The highest BCUT2D eigenvalue weighted by molar-refractivity contribution is 5.75. The molecule has 0 radical (unpaired) electrons. The summed E-state index contributed by atoms with van der Waals surface area (Å²) in [4.78, 5) is 11.5. The predicted octanol–water partition coefficient (Wildman–Crippen LogP) is 1.44. The average molecular weight is 195 g/mol. The van der Waals surface area contributed by atoms with E-state index in [1.54, 1.807) is 20.8 Å². The van der Waals surface area contributed by atoms with Gasteiger partial charge in [0.05, 0.1) is 6.54 Å². The fourth-order valence-electron chi connectivity index (χ4n) is 0.982. The fraction of sp³-hybridized carbons (Fsp3) is 0.875. The van der Waals surface area contributed by atoms with Crippen molar-refractivity contribution in [3.05, 3.63) is 0 Å². The van der Waals surface area contributed by atoms with Crippen LogP contribution in [0.4, 0.5) is 8.78 Å². The molecule has 0 saturated heterocycles. The van der Waals surface area contributed by atoms with E-state index >= 15 is 0 Å². The van der Waals surface area contributed by atoms with Gasteiger partial charge in [-0.05, 0) is 20.4 Å². The van der Waals surface area contributed by atoms with Crippen molar-refractivity contribution in [2.45, 2.75) is 32.7 Å². The number of carbonyl (C=O) groups is 1. The Hall–Kier alpha value is -0.710. The number of hydrogen-bond donors (Lipinski definition) is 1. The second kappa shape index (κ2) is 4.50. The zero-order valence-electron chi connectivity index (χ0n) is 8.05. The van der Waals surface area contributed by atoms with E-state index in [2.05, 4.69) is 0 Å². The fourth-order valence-corrected chi connectivity index (χ4v) is 0.982. The third-order valence-electron chi connectivity index (χ3n) is 1.85. The molecule has 0 bridgehead atoms. The normalized spacial score (nSPS) is 12.5. The molecule has 5 heteroatoms. The minimum atomic E-state index is -3.65. The number of nitrogens with zero attached hydrogens (tertiary/aromatic N) is 1. The summed E-state index contributed by atoms with van der Waals surface area (Å²) in [5.74, 6) is -5.72. The number of carboxylic acid groups (broad SMARTS) is 1. The summed E-state index contributed by atoms with van der Waals surface area (Å²) >= 11 is 0. The Balaban J connectivity index is 4.30. The molecule has 78 valence electrons. The second-order valence-corrected chi connectivity index (χ2v) is 3.17. The van der Waals surface area contributed by atoms with Crippen molar-refractivity contribution in [2.75, 3.05) is 13.1 Å². The summed E-state index contributed by atoms with van der Waals surface area (Å²) in [6.07, 6.45) is 0. The van der Waals surface area contributed by atoms with Gasteiger partial charge in [-0.1, -0.05) is 6.92 Å². The van der Waals surface area contributed by atoms with Crippen molar-refractivity contribution >= 4 is 5.97 Å². The highest BCUT2D eigenvalue weighted by Crippen LogP contribution is 2.16. The van der Waals surface area contributed by atoms with E-state index in [1.807, 2.05) is 0 Å². The lowest BCUT2D eigenvalue weighted by molar-refractivity contribution is -0.167. The molecule has 0 spiro atoms. The van der Waals surface area contributed by atoms with Crippen LogP contribution in [0.3, 0.4) is 0 Å². The Bertz CT molecular complexity index is 183. The van der Waals surface area contributed by atoms with Gasteiger partial charge >= 0.3 is 11.9 Å². The van der Waals surface area contributed by atoms with Crippen LogP contribution in [-0.4, -0.2) is 41.0 Å². The van der Waals surface area contributed by atoms with Gasteiger partial charge in [0.15, 0.2) is 0 Å². The lowest BCUT2D eigenvalue weighted by Crippen LogP contribution is -2.45. The van der Waals surface area contributed by atoms with E-state index in [-0.39, 0.29) is 6.04 Å². The summed E-state index contributed by atoms with van der Waals surface area (Å²) in [6.45, 7) is 4.91. The molecule has 0 aromatic carbocycles. The first-order chi connectivity index (χ1) is 5.81. The van der Waals surface area contributed by atoms with E-state index in [0.29, 0.717) is 6.54 Å². The van der Waals surface area contributed by atoms with Crippen molar-refractivity contribution < 1.29 is 18.7 Å². The summed E-state index contributed by atoms with van der Waals surface area (Å²) in [5.41, 5.74) is 0. The van der Waals surface area contributed by atoms with Crippen molar-refractivity contribution in [3.8, 4) is 0 Å². The smallest absolute Gasteiger partial charge is 0.375 e. The van der Waals surface area contributed by atoms with Gasteiger partial charge in [-0.2, -0.15) is 8.78 Å². The van der Waals surface area contributed by atoms with E-state index in [1.165, 1.54) is 4.90 Å². The van der Waals surface area contributed by atoms with Crippen LogP contribution in [0.2, 0.25) is 0 Å². The molecule has 0 amide bonds. The molecular formula is C8H15F2NO2. The highest BCUT2D eigenvalue weighted by atomic mass is 19.3. The summed E-state index contributed by atoms with van der Waals surface area (Å²) < 4.78 is 25.4. The van der Waals surface area contributed by atoms with Gasteiger partial charge < -0.3 is 5.11 Å². The second-order valence-electron chi connectivity index (χ2n) is 3.17. The van der Waals surface area contributed by atoms with Gasteiger partial charge in [0.1, 0.15) is 0 Å². The molecular weight excluding hydrogens is 180 g/mol. The van der Waals surface area contributed by atoms with Crippen LogP contribution in [0.15, 0.2) is 0 Å². The molecule has 0 unspecified atom stereocenters.